The summed E-state index contributed by atoms with van der Waals surface area (Å²) in [5.74, 6) is 0.645. The maximum absolute atomic E-state index is 11.9. The first kappa shape index (κ1) is 12.1. The van der Waals surface area contributed by atoms with Gasteiger partial charge in [-0.05, 0) is 55.4 Å². The summed E-state index contributed by atoms with van der Waals surface area (Å²) < 4.78 is 5.34. The Morgan fingerprint density at radius 3 is 2.76 bits per heavy atom. The lowest BCUT2D eigenvalue weighted by atomic mass is 9.85. The zero-order valence-corrected chi connectivity index (χ0v) is 10.5. The molecule has 1 aromatic carbocycles. The maximum Gasteiger partial charge on any atom is 0.180 e. The first-order valence-electron chi connectivity index (χ1n) is 6.11. The molecule has 0 amide bonds. The number of carbonyl (C=O) groups excluding carboxylic acids is 1. The van der Waals surface area contributed by atoms with Crippen LogP contribution in [-0.4, -0.2) is 19.4 Å². The average Bonchev–Trinajstić information content (AvgIpc) is 2.37. The topological polar surface area (TPSA) is 52.3 Å². The van der Waals surface area contributed by atoms with Crippen LogP contribution >= 0.6 is 0 Å². The van der Waals surface area contributed by atoms with Gasteiger partial charge in [0.1, 0.15) is 5.75 Å². The van der Waals surface area contributed by atoms with Crippen LogP contribution in [0.25, 0.3) is 0 Å². The summed E-state index contributed by atoms with van der Waals surface area (Å²) in [4.78, 5) is 11.9. The van der Waals surface area contributed by atoms with E-state index < -0.39 is 0 Å². The second-order valence-corrected chi connectivity index (χ2v) is 4.55. The van der Waals surface area contributed by atoms with Crippen LogP contribution in [0, 0.1) is 6.92 Å². The fraction of sp³-hybridized carbons (Fsp3) is 0.500. The normalized spacial score (nSPS) is 14.3. The van der Waals surface area contributed by atoms with Gasteiger partial charge in [0.15, 0.2) is 5.78 Å². The van der Waals surface area contributed by atoms with Gasteiger partial charge in [-0.25, -0.2) is 0 Å². The number of benzene rings is 1. The summed E-state index contributed by atoms with van der Waals surface area (Å²) >= 11 is 0. The Bertz CT molecular complexity index is 452. The Balaban J connectivity index is 2.60. The number of rotatable bonds is 3. The van der Waals surface area contributed by atoms with E-state index in [9.17, 15) is 4.79 Å². The maximum atomic E-state index is 11.9. The summed E-state index contributed by atoms with van der Waals surface area (Å²) in [5.41, 5.74) is 9.87. The number of hydrogen-bond acceptors (Lipinski definition) is 3. The van der Waals surface area contributed by atoms with E-state index in [0.717, 1.165) is 18.4 Å². The van der Waals surface area contributed by atoms with Gasteiger partial charge in [0.25, 0.3) is 0 Å². The van der Waals surface area contributed by atoms with Gasteiger partial charge in [-0.2, -0.15) is 0 Å². The van der Waals surface area contributed by atoms with Gasteiger partial charge in [0.2, 0.25) is 0 Å². The van der Waals surface area contributed by atoms with E-state index >= 15 is 0 Å². The van der Waals surface area contributed by atoms with Crippen molar-refractivity contribution in [2.75, 3.05) is 13.7 Å². The first-order chi connectivity index (χ1) is 8.19. The van der Waals surface area contributed by atoms with Gasteiger partial charge in [-0.3, -0.25) is 4.79 Å². The van der Waals surface area contributed by atoms with Crippen molar-refractivity contribution >= 4 is 5.78 Å². The van der Waals surface area contributed by atoms with Crippen molar-refractivity contribution in [2.24, 2.45) is 5.73 Å². The third kappa shape index (κ3) is 2.07. The molecule has 2 rings (SSSR count). The van der Waals surface area contributed by atoms with E-state index in [0.29, 0.717) is 11.3 Å². The molecule has 0 saturated heterocycles. The van der Waals surface area contributed by atoms with Crippen LogP contribution in [0.5, 0.6) is 5.75 Å². The fourth-order valence-corrected chi connectivity index (χ4v) is 2.69. The largest absolute Gasteiger partial charge is 0.496 e. The quantitative estimate of drug-likeness (QED) is 0.813. The van der Waals surface area contributed by atoms with Crippen molar-refractivity contribution in [1.82, 2.24) is 0 Å². The predicted octanol–water partition coefficient (Wildman–Crippen LogP) is 2.02. The van der Waals surface area contributed by atoms with Gasteiger partial charge < -0.3 is 10.5 Å². The molecule has 0 aliphatic heterocycles. The number of aryl methyl sites for hydroxylation is 1. The second kappa shape index (κ2) is 4.88. The molecule has 0 radical (unpaired) electrons. The van der Waals surface area contributed by atoms with Crippen molar-refractivity contribution < 1.29 is 9.53 Å². The molecule has 0 heterocycles. The number of hydrogen-bond donors (Lipinski definition) is 1. The molecule has 3 heteroatoms. The summed E-state index contributed by atoms with van der Waals surface area (Å²) in [6.07, 6.45) is 4.58. The van der Waals surface area contributed by atoms with Crippen LogP contribution < -0.4 is 10.5 Å². The number of Topliss-reactive ketones (excluding diaryl/α,β-unsaturated/α-hetero) is 1. The van der Waals surface area contributed by atoms with Crippen molar-refractivity contribution in [1.29, 1.82) is 0 Å². The molecule has 1 aromatic rings. The van der Waals surface area contributed by atoms with E-state index in [-0.39, 0.29) is 12.3 Å². The summed E-state index contributed by atoms with van der Waals surface area (Å²) in [5, 5.41) is 0. The van der Waals surface area contributed by atoms with Crippen molar-refractivity contribution in [3.05, 3.63) is 28.3 Å². The van der Waals surface area contributed by atoms with Crippen LogP contribution in [0.15, 0.2) is 6.07 Å². The zero-order valence-electron chi connectivity index (χ0n) is 10.5. The number of carbonyl (C=O) groups is 1. The molecule has 0 spiro atoms. The molecule has 2 N–H and O–H groups in total. The average molecular weight is 233 g/mol. The monoisotopic (exact) mass is 233 g/mol. The third-order valence-electron chi connectivity index (χ3n) is 3.57. The smallest absolute Gasteiger partial charge is 0.180 e. The van der Waals surface area contributed by atoms with E-state index in [2.05, 4.69) is 0 Å². The Hall–Kier alpha value is -1.35. The Morgan fingerprint density at radius 1 is 1.41 bits per heavy atom. The molecule has 17 heavy (non-hydrogen) atoms. The van der Waals surface area contributed by atoms with E-state index in [1.165, 1.54) is 24.0 Å². The zero-order chi connectivity index (χ0) is 12.4. The van der Waals surface area contributed by atoms with Crippen LogP contribution in [0.4, 0.5) is 0 Å². The predicted molar refractivity (Wildman–Crippen MR) is 67.8 cm³/mol. The SMILES string of the molecule is COc1cc2c(c(C)c1C(=O)CN)CCCC2. The molecule has 0 unspecified atom stereocenters. The van der Waals surface area contributed by atoms with Gasteiger partial charge in [-0.15, -0.1) is 0 Å². The van der Waals surface area contributed by atoms with Crippen molar-refractivity contribution in [3.8, 4) is 5.75 Å². The highest BCUT2D eigenvalue weighted by Crippen LogP contribution is 2.33. The van der Waals surface area contributed by atoms with E-state index in [1.54, 1.807) is 7.11 Å². The Morgan fingerprint density at radius 2 is 2.12 bits per heavy atom. The molecular formula is C14H19NO2. The third-order valence-corrected chi connectivity index (χ3v) is 3.57. The highest BCUT2D eigenvalue weighted by atomic mass is 16.5. The molecule has 1 aliphatic carbocycles. The summed E-state index contributed by atoms with van der Waals surface area (Å²) in [7, 11) is 1.61. The molecular weight excluding hydrogens is 214 g/mol. The highest BCUT2D eigenvalue weighted by Gasteiger charge is 2.21. The summed E-state index contributed by atoms with van der Waals surface area (Å²) in [6.45, 7) is 2.05. The molecule has 0 saturated carbocycles. The van der Waals surface area contributed by atoms with E-state index in [1.807, 2.05) is 13.0 Å². The Kier molecular flexibility index (Phi) is 3.48. The molecule has 0 fully saturated rings. The van der Waals surface area contributed by atoms with Crippen LogP contribution in [0.2, 0.25) is 0 Å². The molecule has 1 aliphatic rings. The lowest BCUT2D eigenvalue weighted by molar-refractivity contribution is 0.0997. The number of methoxy groups -OCH3 is 1. The van der Waals surface area contributed by atoms with Crippen molar-refractivity contribution in [3.63, 3.8) is 0 Å². The lowest BCUT2D eigenvalue weighted by Crippen LogP contribution is -2.18. The van der Waals surface area contributed by atoms with E-state index in [4.69, 9.17) is 10.5 Å². The second-order valence-electron chi connectivity index (χ2n) is 4.55. The summed E-state index contributed by atoms with van der Waals surface area (Å²) in [6, 6.07) is 2.02. The van der Waals surface area contributed by atoms with Crippen molar-refractivity contribution in [2.45, 2.75) is 32.6 Å². The number of fused-ring (bicyclic) bond motifs is 1. The molecule has 0 atom stereocenters. The molecule has 0 bridgehead atoms. The minimum absolute atomic E-state index is 0.0345. The van der Waals surface area contributed by atoms with Gasteiger partial charge in [-0.1, -0.05) is 0 Å². The number of ether oxygens (including phenoxy) is 1. The number of ketones is 1. The first-order valence-corrected chi connectivity index (χ1v) is 6.11. The van der Waals surface area contributed by atoms with Crippen LogP contribution in [0.3, 0.4) is 0 Å². The van der Waals surface area contributed by atoms with Gasteiger partial charge in [0.05, 0.1) is 19.2 Å². The van der Waals surface area contributed by atoms with Crippen LogP contribution in [0.1, 0.15) is 39.9 Å². The molecule has 92 valence electrons. The van der Waals surface area contributed by atoms with Crippen LogP contribution in [-0.2, 0) is 12.8 Å². The lowest BCUT2D eigenvalue weighted by Gasteiger charge is -2.22. The Labute approximate surface area is 102 Å². The minimum atomic E-state index is -0.0345. The molecule has 0 aromatic heterocycles. The molecule has 3 nitrogen and oxygen atoms in total. The number of nitrogens with two attached hydrogens (primary N) is 1. The highest BCUT2D eigenvalue weighted by molar-refractivity contribution is 6.01. The van der Waals surface area contributed by atoms with Gasteiger partial charge in [0, 0.05) is 0 Å². The minimum Gasteiger partial charge on any atom is -0.496 e. The fourth-order valence-electron chi connectivity index (χ4n) is 2.69. The van der Waals surface area contributed by atoms with Gasteiger partial charge >= 0.3 is 0 Å². The standard InChI is InChI=1S/C14H19NO2/c1-9-11-6-4-3-5-10(11)7-13(17-2)14(9)12(16)8-15/h7H,3-6,8,15H2,1-2H3.